The van der Waals surface area contributed by atoms with Gasteiger partial charge in [-0.05, 0) is 30.7 Å². The lowest BCUT2D eigenvalue weighted by molar-refractivity contribution is -0.116. The first-order valence-electron chi connectivity index (χ1n) is 9.29. The van der Waals surface area contributed by atoms with Gasteiger partial charge < -0.3 is 5.32 Å². The van der Waals surface area contributed by atoms with Crippen LogP contribution in [-0.2, 0) is 11.3 Å². The van der Waals surface area contributed by atoms with Crippen molar-refractivity contribution in [2.75, 3.05) is 11.1 Å². The molecule has 0 unspecified atom stereocenters. The van der Waals surface area contributed by atoms with Crippen LogP contribution < -0.4 is 5.32 Å². The molecular formula is C22H20N4O2S. The third-order valence-electron chi connectivity index (χ3n) is 4.88. The zero-order valence-corrected chi connectivity index (χ0v) is 16.8. The molecule has 3 aromatic rings. The Balaban J connectivity index is 1.52. The van der Waals surface area contributed by atoms with Gasteiger partial charge in [-0.25, -0.2) is 0 Å². The number of nitrogens with zero attached hydrogens (tertiary/aromatic N) is 3. The number of rotatable bonds is 7. The molecule has 1 aliphatic rings. The summed E-state index contributed by atoms with van der Waals surface area (Å²) in [7, 11) is 0. The third kappa shape index (κ3) is 3.73. The van der Waals surface area contributed by atoms with E-state index in [4.69, 9.17) is 0 Å². The standard InChI is InChI=1S/C22H20N4O2S/c1-3-11-26-20(15-7-5-4-6-8-15)24-25-22(26)29-13-19(27)16-9-10-18-17(12-16)14(2)21(28)23-18/h3-10,12,14H,1,11,13H2,2H3,(H,23,28)/t14-/m1/s1. The first-order valence-corrected chi connectivity index (χ1v) is 10.3. The molecule has 1 atom stereocenters. The Morgan fingerprint density at radius 2 is 2.03 bits per heavy atom. The predicted molar refractivity (Wildman–Crippen MR) is 114 cm³/mol. The van der Waals surface area contributed by atoms with Crippen LogP contribution in [0.5, 0.6) is 0 Å². The predicted octanol–water partition coefficient (Wildman–Crippen LogP) is 4.16. The van der Waals surface area contributed by atoms with E-state index in [1.54, 1.807) is 18.2 Å². The number of thioether (sulfide) groups is 1. The van der Waals surface area contributed by atoms with Gasteiger partial charge in [0.25, 0.3) is 0 Å². The van der Waals surface area contributed by atoms with E-state index in [9.17, 15) is 9.59 Å². The monoisotopic (exact) mass is 404 g/mol. The Bertz CT molecular complexity index is 1090. The van der Waals surface area contributed by atoms with Crippen LogP contribution in [0.3, 0.4) is 0 Å². The van der Waals surface area contributed by atoms with E-state index in [1.165, 1.54) is 11.8 Å². The van der Waals surface area contributed by atoms with Crippen molar-refractivity contribution < 1.29 is 9.59 Å². The smallest absolute Gasteiger partial charge is 0.231 e. The minimum absolute atomic E-state index is 0.0150. The summed E-state index contributed by atoms with van der Waals surface area (Å²) >= 11 is 1.35. The summed E-state index contributed by atoms with van der Waals surface area (Å²) in [5, 5.41) is 12.1. The van der Waals surface area contributed by atoms with Crippen molar-refractivity contribution in [1.82, 2.24) is 14.8 Å². The van der Waals surface area contributed by atoms with Crippen molar-refractivity contribution in [2.45, 2.75) is 24.5 Å². The number of carbonyl (C=O) groups is 2. The van der Waals surface area contributed by atoms with E-state index in [-0.39, 0.29) is 23.4 Å². The summed E-state index contributed by atoms with van der Waals surface area (Å²) < 4.78 is 1.95. The van der Waals surface area contributed by atoms with Gasteiger partial charge in [0.15, 0.2) is 16.8 Å². The number of aromatic nitrogens is 3. The molecule has 2 aromatic carbocycles. The van der Waals surface area contributed by atoms with Crippen molar-refractivity contribution in [1.29, 1.82) is 0 Å². The van der Waals surface area contributed by atoms with Crippen LogP contribution in [0.25, 0.3) is 11.4 Å². The molecule has 6 nitrogen and oxygen atoms in total. The maximum atomic E-state index is 12.7. The van der Waals surface area contributed by atoms with Crippen LogP contribution in [0.1, 0.15) is 28.8 Å². The number of allylic oxidation sites excluding steroid dienone is 1. The van der Waals surface area contributed by atoms with Gasteiger partial charge in [0.2, 0.25) is 5.91 Å². The van der Waals surface area contributed by atoms with Gasteiger partial charge >= 0.3 is 0 Å². The number of nitrogens with one attached hydrogen (secondary N) is 1. The molecule has 146 valence electrons. The summed E-state index contributed by atoms with van der Waals surface area (Å²) in [6.07, 6.45) is 1.79. The summed E-state index contributed by atoms with van der Waals surface area (Å²) in [6.45, 7) is 6.21. The summed E-state index contributed by atoms with van der Waals surface area (Å²) in [5.74, 6) is 0.688. The molecule has 0 saturated carbocycles. The zero-order valence-electron chi connectivity index (χ0n) is 16.0. The fraction of sp³-hybridized carbons (Fsp3) is 0.182. The Morgan fingerprint density at radius 3 is 2.79 bits per heavy atom. The van der Waals surface area contributed by atoms with Crippen molar-refractivity contribution >= 4 is 29.1 Å². The van der Waals surface area contributed by atoms with Crippen LogP contribution in [0.2, 0.25) is 0 Å². The highest BCUT2D eigenvalue weighted by atomic mass is 32.2. The molecule has 0 aliphatic carbocycles. The summed E-state index contributed by atoms with van der Waals surface area (Å²) in [4.78, 5) is 24.6. The van der Waals surface area contributed by atoms with Crippen molar-refractivity contribution in [2.24, 2.45) is 0 Å². The van der Waals surface area contributed by atoms with Crippen molar-refractivity contribution in [3.8, 4) is 11.4 Å². The molecule has 29 heavy (non-hydrogen) atoms. The molecule has 1 N–H and O–H groups in total. The number of Topliss-reactive ketones (excluding diaryl/α,β-unsaturated/α-hetero) is 1. The summed E-state index contributed by atoms with van der Waals surface area (Å²) in [6, 6.07) is 15.2. The summed E-state index contributed by atoms with van der Waals surface area (Å²) in [5.41, 5.74) is 3.21. The van der Waals surface area contributed by atoms with E-state index in [0.717, 1.165) is 22.6 Å². The topological polar surface area (TPSA) is 76.9 Å². The average Bonchev–Trinajstić information content (AvgIpc) is 3.27. The highest BCUT2D eigenvalue weighted by Crippen LogP contribution is 2.33. The lowest BCUT2D eigenvalue weighted by Gasteiger charge is -2.08. The van der Waals surface area contributed by atoms with Crippen LogP contribution in [0.15, 0.2) is 66.3 Å². The second kappa shape index (κ2) is 8.05. The van der Waals surface area contributed by atoms with Crippen LogP contribution in [0.4, 0.5) is 5.69 Å². The molecule has 0 saturated heterocycles. The molecule has 1 aromatic heterocycles. The molecular weight excluding hydrogens is 384 g/mol. The molecule has 0 bridgehead atoms. The SMILES string of the molecule is C=CCn1c(SCC(=O)c2ccc3c(c2)[C@@H](C)C(=O)N3)nnc1-c1ccccc1. The minimum atomic E-state index is -0.241. The Morgan fingerprint density at radius 1 is 1.24 bits per heavy atom. The third-order valence-corrected chi connectivity index (χ3v) is 5.85. The average molecular weight is 404 g/mol. The van der Waals surface area contributed by atoms with Gasteiger partial charge in [0, 0.05) is 23.4 Å². The van der Waals surface area contributed by atoms with Gasteiger partial charge in [-0.2, -0.15) is 0 Å². The lowest BCUT2D eigenvalue weighted by atomic mass is 9.99. The Kier molecular flexibility index (Phi) is 5.31. The highest BCUT2D eigenvalue weighted by Gasteiger charge is 2.27. The first kappa shape index (κ1) is 19.1. The molecule has 7 heteroatoms. The molecule has 0 radical (unpaired) electrons. The maximum absolute atomic E-state index is 12.7. The highest BCUT2D eigenvalue weighted by molar-refractivity contribution is 7.99. The van der Waals surface area contributed by atoms with Crippen LogP contribution >= 0.6 is 11.8 Å². The molecule has 0 fully saturated rings. The largest absolute Gasteiger partial charge is 0.325 e. The maximum Gasteiger partial charge on any atom is 0.231 e. The van der Waals surface area contributed by atoms with Gasteiger partial charge in [-0.15, -0.1) is 16.8 Å². The fourth-order valence-corrected chi connectivity index (χ4v) is 4.14. The van der Waals surface area contributed by atoms with Gasteiger partial charge in [-0.1, -0.05) is 48.2 Å². The van der Waals surface area contributed by atoms with E-state index in [2.05, 4.69) is 22.1 Å². The zero-order chi connectivity index (χ0) is 20.4. The second-order valence-corrected chi connectivity index (χ2v) is 7.74. The number of ketones is 1. The Hall–Kier alpha value is -3.19. The molecule has 0 spiro atoms. The number of fused-ring (bicyclic) bond motifs is 1. The van der Waals surface area contributed by atoms with Crippen molar-refractivity contribution in [3.05, 3.63) is 72.3 Å². The molecule has 1 aliphatic heterocycles. The molecule has 1 amide bonds. The van der Waals surface area contributed by atoms with Gasteiger partial charge in [-0.3, -0.25) is 14.2 Å². The quantitative estimate of drug-likeness (QED) is 0.363. The van der Waals surface area contributed by atoms with E-state index < -0.39 is 0 Å². The number of carbonyl (C=O) groups excluding carboxylic acids is 2. The number of benzene rings is 2. The normalized spacial score (nSPS) is 15.1. The Labute approximate surface area is 173 Å². The van der Waals surface area contributed by atoms with Crippen molar-refractivity contribution in [3.63, 3.8) is 0 Å². The second-order valence-electron chi connectivity index (χ2n) is 6.80. The molecule has 4 rings (SSSR count). The van der Waals surface area contributed by atoms with Gasteiger partial charge in [0.1, 0.15) is 0 Å². The van der Waals surface area contributed by atoms with E-state index in [0.29, 0.717) is 17.3 Å². The molecule has 2 heterocycles. The number of hydrogen-bond acceptors (Lipinski definition) is 5. The number of anilines is 1. The number of amides is 1. The first-order chi connectivity index (χ1) is 14.1. The minimum Gasteiger partial charge on any atom is -0.325 e. The van der Waals surface area contributed by atoms with E-state index in [1.807, 2.05) is 47.9 Å². The number of hydrogen-bond donors (Lipinski definition) is 1. The van der Waals surface area contributed by atoms with Crippen LogP contribution in [-0.4, -0.2) is 32.2 Å². The van der Waals surface area contributed by atoms with Crippen LogP contribution in [0, 0.1) is 0 Å². The van der Waals surface area contributed by atoms with Gasteiger partial charge in [0.05, 0.1) is 11.7 Å². The lowest BCUT2D eigenvalue weighted by Crippen LogP contribution is -2.08. The fourth-order valence-electron chi connectivity index (χ4n) is 3.29. The van der Waals surface area contributed by atoms with E-state index >= 15 is 0 Å².